The molecule has 1 aromatic heterocycles. The van der Waals surface area contributed by atoms with E-state index < -0.39 is 17.8 Å². The molecule has 1 N–H and O–H groups in total. The minimum Gasteiger partial charge on any atom is -0.481 e. The van der Waals surface area contributed by atoms with Crippen molar-refractivity contribution < 1.29 is 28.6 Å². The van der Waals surface area contributed by atoms with Crippen molar-refractivity contribution in [2.45, 2.75) is 13.5 Å². The molecule has 3 rings (SSSR count). The summed E-state index contributed by atoms with van der Waals surface area (Å²) in [4.78, 5) is 48.3. The maximum atomic E-state index is 12.8. The summed E-state index contributed by atoms with van der Waals surface area (Å²) in [5, 5.41) is 3.56. The smallest absolute Gasteiger partial charge is 0.343 e. The van der Waals surface area contributed by atoms with Crippen LogP contribution < -0.4 is 15.6 Å². The lowest BCUT2D eigenvalue weighted by Gasteiger charge is -2.11. The molecule has 0 fully saturated rings. The zero-order valence-corrected chi connectivity index (χ0v) is 17.6. The molecule has 0 atom stereocenters. The fourth-order valence-electron chi connectivity index (χ4n) is 2.99. The highest BCUT2D eigenvalue weighted by Gasteiger charge is 2.12. The number of pyridine rings is 1. The number of ether oxygens (including phenoxy) is 3. The largest absolute Gasteiger partial charge is 0.481 e. The van der Waals surface area contributed by atoms with E-state index in [1.54, 1.807) is 55.5 Å². The number of amides is 1. The van der Waals surface area contributed by atoms with E-state index in [4.69, 9.17) is 9.47 Å². The van der Waals surface area contributed by atoms with Gasteiger partial charge in [0.2, 0.25) is 5.91 Å². The minimum atomic E-state index is -0.540. The Morgan fingerprint density at radius 3 is 2.44 bits per heavy atom. The molecule has 0 radical (unpaired) electrons. The van der Waals surface area contributed by atoms with Crippen LogP contribution in [0.5, 0.6) is 5.75 Å². The molecular weight excluding hydrogens is 416 g/mol. The van der Waals surface area contributed by atoms with Gasteiger partial charge in [-0.15, -0.1) is 0 Å². The van der Waals surface area contributed by atoms with Gasteiger partial charge in [0.25, 0.3) is 5.56 Å². The number of carbonyl (C=O) groups is 3. The Bertz CT molecular complexity index is 1200. The number of esters is 2. The third-order valence-electron chi connectivity index (χ3n) is 4.55. The molecule has 1 heterocycles. The molecule has 2 aromatic carbocycles. The van der Waals surface area contributed by atoms with Crippen LogP contribution in [0, 0.1) is 0 Å². The van der Waals surface area contributed by atoms with Crippen molar-refractivity contribution in [3.63, 3.8) is 0 Å². The molecule has 0 saturated heterocycles. The van der Waals surface area contributed by atoms with Crippen molar-refractivity contribution >= 4 is 34.3 Å². The van der Waals surface area contributed by atoms with Crippen molar-refractivity contribution in [1.82, 2.24) is 4.57 Å². The van der Waals surface area contributed by atoms with E-state index in [1.807, 2.05) is 0 Å². The lowest BCUT2D eigenvalue weighted by Crippen LogP contribution is -2.27. The summed E-state index contributed by atoms with van der Waals surface area (Å²) in [6.07, 6.45) is 1.49. The topological polar surface area (TPSA) is 113 Å². The number of carbonyl (C=O) groups excluding carboxylic acids is 3. The Balaban J connectivity index is 1.72. The van der Waals surface area contributed by atoms with E-state index >= 15 is 0 Å². The molecule has 0 bridgehead atoms. The van der Waals surface area contributed by atoms with Crippen LogP contribution in [0.3, 0.4) is 0 Å². The van der Waals surface area contributed by atoms with E-state index in [1.165, 1.54) is 17.9 Å². The third-order valence-corrected chi connectivity index (χ3v) is 4.55. The quantitative estimate of drug-likeness (QED) is 0.537. The SMILES string of the molecule is CCOC(=O)c1ccc(NC(=O)Cn2ccc3c(OCC(=O)OC)cccc3c2=O)cc1. The normalized spacial score (nSPS) is 10.4. The van der Waals surface area contributed by atoms with Gasteiger partial charge in [0.1, 0.15) is 12.3 Å². The average molecular weight is 438 g/mol. The molecule has 0 saturated carbocycles. The van der Waals surface area contributed by atoms with E-state index in [2.05, 4.69) is 10.1 Å². The molecule has 166 valence electrons. The van der Waals surface area contributed by atoms with Crippen molar-refractivity contribution in [2.75, 3.05) is 25.6 Å². The second-order valence-electron chi connectivity index (χ2n) is 6.68. The number of rotatable bonds is 8. The first kappa shape index (κ1) is 22.5. The van der Waals surface area contributed by atoms with E-state index in [-0.39, 0.29) is 25.3 Å². The monoisotopic (exact) mass is 438 g/mol. The average Bonchev–Trinajstić information content (AvgIpc) is 2.80. The summed E-state index contributed by atoms with van der Waals surface area (Å²) in [5.74, 6) is -1.03. The Morgan fingerprint density at radius 1 is 1.00 bits per heavy atom. The van der Waals surface area contributed by atoms with Crippen molar-refractivity contribution in [1.29, 1.82) is 0 Å². The van der Waals surface area contributed by atoms with Gasteiger partial charge < -0.3 is 24.1 Å². The predicted octanol–water partition coefficient (Wildman–Crippen LogP) is 2.37. The number of hydrogen-bond acceptors (Lipinski definition) is 7. The standard InChI is InChI=1S/C23H22N2O7/c1-3-31-23(29)15-7-9-16(10-8-15)24-20(26)13-25-12-11-17-18(22(25)28)5-4-6-19(17)32-14-21(27)30-2/h4-12H,3,13-14H2,1-2H3,(H,24,26). The van der Waals surface area contributed by atoms with Crippen molar-refractivity contribution in [2.24, 2.45) is 0 Å². The Morgan fingerprint density at radius 2 is 1.75 bits per heavy atom. The van der Waals surface area contributed by atoms with Gasteiger partial charge >= 0.3 is 11.9 Å². The van der Waals surface area contributed by atoms with Crippen LogP contribution in [0.1, 0.15) is 17.3 Å². The first-order chi connectivity index (χ1) is 15.4. The van der Waals surface area contributed by atoms with Crippen molar-refractivity contribution in [3.05, 3.63) is 70.6 Å². The van der Waals surface area contributed by atoms with Gasteiger partial charge in [-0.2, -0.15) is 0 Å². The zero-order valence-electron chi connectivity index (χ0n) is 17.6. The Kier molecular flexibility index (Phi) is 7.22. The Labute approximate surface area is 183 Å². The lowest BCUT2D eigenvalue weighted by atomic mass is 10.1. The summed E-state index contributed by atoms with van der Waals surface area (Å²) in [5.41, 5.74) is 0.482. The summed E-state index contributed by atoms with van der Waals surface area (Å²) >= 11 is 0. The Hall–Kier alpha value is -4.14. The molecule has 0 aliphatic carbocycles. The first-order valence-electron chi connectivity index (χ1n) is 9.81. The predicted molar refractivity (Wildman–Crippen MR) is 117 cm³/mol. The first-order valence-corrected chi connectivity index (χ1v) is 9.81. The lowest BCUT2D eigenvalue weighted by molar-refractivity contribution is -0.142. The van der Waals surface area contributed by atoms with E-state index in [9.17, 15) is 19.2 Å². The van der Waals surface area contributed by atoms with Crippen LogP contribution in [-0.2, 0) is 25.6 Å². The second kappa shape index (κ2) is 10.3. The van der Waals surface area contributed by atoms with Crippen LogP contribution in [0.4, 0.5) is 5.69 Å². The number of benzene rings is 2. The molecule has 1 amide bonds. The highest BCUT2D eigenvalue weighted by atomic mass is 16.6. The molecule has 0 aliphatic heterocycles. The number of methoxy groups -OCH3 is 1. The van der Waals surface area contributed by atoms with Gasteiger partial charge in [-0.05, 0) is 49.4 Å². The molecule has 3 aromatic rings. The summed E-state index contributed by atoms with van der Waals surface area (Å²) in [7, 11) is 1.26. The van der Waals surface area contributed by atoms with Gasteiger partial charge in [-0.25, -0.2) is 9.59 Å². The number of aromatic nitrogens is 1. The van der Waals surface area contributed by atoms with Gasteiger partial charge in [-0.1, -0.05) is 6.07 Å². The van der Waals surface area contributed by atoms with Gasteiger partial charge in [0, 0.05) is 17.3 Å². The molecule has 0 spiro atoms. The summed E-state index contributed by atoms with van der Waals surface area (Å²) in [6, 6.07) is 12.8. The van der Waals surface area contributed by atoms with E-state index in [0.717, 1.165) is 0 Å². The highest BCUT2D eigenvalue weighted by Crippen LogP contribution is 2.23. The van der Waals surface area contributed by atoms with Crippen LogP contribution in [0.2, 0.25) is 0 Å². The zero-order chi connectivity index (χ0) is 23.1. The molecule has 32 heavy (non-hydrogen) atoms. The molecule has 0 aliphatic rings. The fourth-order valence-corrected chi connectivity index (χ4v) is 2.99. The van der Waals surface area contributed by atoms with E-state index in [0.29, 0.717) is 27.8 Å². The number of anilines is 1. The summed E-state index contributed by atoms with van der Waals surface area (Å²) < 4.78 is 16.2. The minimum absolute atomic E-state index is 0.207. The maximum Gasteiger partial charge on any atom is 0.343 e. The van der Waals surface area contributed by atoms with Crippen molar-refractivity contribution in [3.8, 4) is 5.75 Å². The maximum absolute atomic E-state index is 12.8. The van der Waals surface area contributed by atoms with Crippen LogP contribution in [-0.4, -0.2) is 42.7 Å². The number of nitrogens with one attached hydrogen (secondary N) is 1. The molecule has 9 heteroatoms. The van der Waals surface area contributed by atoms with Gasteiger partial charge in [0.15, 0.2) is 6.61 Å². The molecule has 0 unspecified atom stereocenters. The van der Waals surface area contributed by atoms with Gasteiger partial charge in [-0.3, -0.25) is 9.59 Å². The number of hydrogen-bond donors (Lipinski definition) is 1. The van der Waals surface area contributed by atoms with Crippen LogP contribution >= 0.6 is 0 Å². The highest BCUT2D eigenvalue weighted by molar-refractivity contribution is 5.93. The second-order valence-corrected chi connectivity index (χ2v) is 6.68. The van der Waals surface area contributed by atoms with Gasteiger partial charge in [0.05, 0.1) is 24.7 Å². The third kappa shape index (κ3) is 5.31. The number of fused-ring (bicyclic) bond motifs is 1. The number of nitrogens with zero attached hydrogens (tertiary/aromatic N) is 1. The molecular formula is C23H22N2O7. The van der Waals surface area contributed by atoms with Crippen LogP contribution in [0.25, 0.3) is 10.8 Å². The summed E-state index contributed by atoms with van der Waals surface area (Å²) in [6.45, 7) is 1.51. The fraction of sp³-hybridized carbons (Fsp3) is 0.217. The molecule has 9 nitrogen and oxygen atoms in total. The van der Waals surface area contributed by atoms with Crippen LogP contribution in [0.15, 0.2) is 59.5 Å².